The van der Waals surface area contributed by atoms with Crippen LogP contribution in [0, 0.1) is 0 Å². The minimum atomic E-state index is 0.370. The first-order valence-corrected chi connectivity index (χ1v) is 11.3. The second-order valence-electron chi connectivity index (χ2n) is 6.12. The molecule has 0 aliphatic heterocycles. The number of fused-ring (bicyclic) bond motifs is 1. The number of benzene rings is 2. The van der Waals surface area contributed by atoms with Crippen molar-refractivity contribution in [1.29, 1.82) is 0 Å². The van der Waals surface area contributed by atoms with Gasteiger partial charge in [-0.05, 0) is 12.1 Å². The molecule has 0 radical (unpaired) electrons. The van der Waals surface area contributed by atoms with Crippen LogP contribution in [0.15, 0.2) is 67.1 Å². The average molecular weight is 447 g/mol. The van der Waals surface area contributed by atoms with E-state index in [1.54, 1.807) is 12.5 Å². The van der Waals surface area contributed by atoms with E-state index in [4.69, 9.17) is 16.3 Å². The van der Waals surface area contributed by atoms with Crippen LogP contribution in [-0.4, -0.2) is 70.5 Å². The molecule has 0 fully saturated rings. The molecular formula is C20H14ClN4ORb. The van der Waals surface area contributed by atoms with Gasteiger partial charge in [-0.2, -0.15) is 0 Å². The Bertz CT molecular complexity index is 1090. The number of hydrogen-bond donors (Lipinski definition) is 1. The molecule has 27 heavy (non-hydrogen) atoms. The van der Waals surface area contributed by atoms with Crippen molar-refractivity contribution >= 4 is 88.2 Å². The minimum Gasteiger partial charge on any atom is -0.258 e. The van der Waals surface area contributed by atoms with Gasteiger partial charge in [0.15, 0.2) is 0 Å². The molecule has 0 bridgehead atoms. The van der Waals surface area contributed by atoms with Crippen molar-refractivity contribution < 1.29 is 4.74 Å². The van der Waals surface area contributed by atoms with E-state index < -0.39 is 0 Å². The summed E-state index contributed by atoms with van der Waals surface area (Å²) in [5, 5.41) is 4.88. The van der Waals surface area contributed by atoms with Crippen LogP contribution in [0.5, 0.6) is 5.75 Å². The Balaban J connectivity index is 1.54. The van der Waals surface area contributed by atoms with Gasteiger partial charge < -0.3 is 0 Å². The third-order valence-electron chi connectivity index (χ3n) is 4.09. The molecule has 2 aromatic carbocycles. The Hall–Kier alpha value is -1.37. The topological polar surface area (TPSA) is 59.9 Å². The van der Waals surface area contributed by atoms with Crippen molar-refractivity contribution in [2.75, 3.05) is 5.32 Å². The van der Waals surface area contributed by atoms with Crippen molar-refractivity contribution in [3.8, 4) is 5.75 Å². The van der Waals surface area contributed by atoms with Gasteiger partial charge in [-0.1, -0.05) is 6.07 Å². The van der Waals surface area contributed by atoms with Crippen LogP contribution >= 0.6 is 11.6 Å². The minimum absolute atomic E-state index is 0.370. The summed E-state index contributed by atoms with van der Waals surface area (Å²) >= 11 is 6.82. The maximum absolute atomic E-state index is 6.40. The van der Waals surface area contributed by atoms with Gasteiger partial charge in [0.05, 0.1) is 0 Å². The fraction of sp³-hybridized carbons (Fsp3) is 0.0500. The molecular weight excluding hydrogens is 433 g/mol. The first kappa shape index (κ1) is 19.0. The number of nitrogens with one attached hydrogen (secondary N) is 1. The number of nitrogens with zero attached hydrogens (tertiary/aromatic N) is 3. The van der Waals surface area contributed by atoms with Gasteiger partial charge in [0, 0.05) is 6.20 Å². The Labute approximate surface area is 200 Å². The number of aromatic nitrogens is 3. The molecule has 2 heterocycles. The third-order valence-corrected chi connectivity index (χ3v) is 5.91. The molecule has 0 saturated carbocycles. The number of anilines is 2. The van der Waals surface area contributed by atoms with E-state index in [-0.39, 0.29) is 0 Å². The second-order valence-corrected chi connectivity index (χ2v) is 9.37. The second kappa shape index (κ2) is 8.75. The summed E-state index contributed by atoms with van der Waals surface area (Å²) in [7, 11) is 0. The molecule has 2 aromatic heterocycles. The van der Waals surface area contributed by atoms with E-state index in [1.165, 1.54) is -1.37 Å². The van der Waals surface area contributed by atoms with Gasteiger partial charge in [0.25, 0.3) is 0 Å². The number of pyridine rings is 1. The van der Waals surface area contributed by atoms with Crippen LogP contribution in [-0.2, 0) is 6.61 Å². The number of halogens is 1. The van der Waals surface area contributed by atoms with Crippen molar-refractivity contribution in [3.63, 3.8) is 0 Å². The quantitative estimate of drug-likeness (QED) is 0.505. The fourth-order valence-corrected chi connectivity index (χ4v) is 4.09. The van der Waals surface area contributed by atoms with Crippen LogP contribution in [0.1, 0.15) is 5.69 Å². The van der Waals surface area contributed by atoms with Crippen LogP contribution in [0.4, 0.5) is 11.5 Å². The van der Waals surface area contributed by atoms with Gasteiger partial charge in [-0.25, -0.2) is 0 Å². The fourth-order valence-electron chi connectivity index (χ4n) is 2.74. The Kier molecular flexibility index (Phi) is 6.15. The van der Waals surface area contributed by atoms with Gasteiger partial charge in [0.2, 0.25) is 0 Å². The summed E-state index contributed by atoms with van der Waals surface area (Å²) in [6.07, 6.45) is 3.31. The molecule has 0 spiro atoms. The number of rotatable bonds is 5. The normalized spacial score (nSPS) is 10.8. The molecule has 0 amide bonds. The summed E-state index contributed by atoms with van der Waals surface area (Å²) in [6.45, 7) is 0.370. The van der Waals surface area contributed by atoms with Crippen molar-refractivity contribution in [3.05, 3.63) is 77.8 Å². The molecule has 1 N–H and O–H groups in total. The number of hydrogen-bond acceptors (Lipinski definition) is 5. The van der Waals surface area contributed by atoms with Crippen LogP contribution < -0.4 is 8.69 Å². The summed E-state index contributed by atoms with van der Waals surface area (Å²) in [6, 6.07) is 17.6. The predicted octanol–water partition coefficient (Wildman–Crippen LogP) is 3.79. The predicted molar refractivity (Wildman–Crippen MR) is 108 cm³/mol. The third kappa shape index (κ3) is 4.73. The molecule has 128 valence electrons. The van der Waals surface area contributed by atoms with Crippen LogP contribution in [0.3, 0.4) is 0 Å². The average Bonchev–Trinajstić information content (AvgIpc) is 2.69. The standard InChI is InChI=1S/C20H14ClN4O.Rb/c21-17-11-14(8-9-19(17)26-12-15-5-3-4-10-22-15)25-20-16-6-1-2-7-18(16)23-13-24-20;/h2-11,13H,12H2,(H,23,24,25);. The molecule has 0 unspecified atom stereocenters. The van der Waals surface area contributed by atoms with E-state index in [0.29, 0.717) is 72.9 Å². The molecule has 0 atom stereocenters. The van der Waals surface area contributed by atoms with Crippen molar-refractivity contribution in [2.45, 2.75) is 6.61 Å². The Morgan fingerprint density at radius 3 is 2.74 bits per heavy atom. The van der Waals surface area contributed by atoms with Gasteiger partial charge in [-0.15, -0.1) is 0 Å². The first-order chi connectivity index (χ1) is 13.2. The van der Waals surface area contributed by atoms with Crippen LogP contribution in [0.2, 0.25) is 5.02 Å². The SMILES string of the molecule is Clc1cc(Nc2ncnc3cc[c]([Rb])cc23)ccc1OCc1ccccn1. The summed E-state index contributed by atoms with van der Waals surface area (Å²) in [5.41, 5.74) is 2.62. The van der Waals surface area contributed by atoms with E-state index >= 15 is 0 Å². The molecule has 7 heteroatoms. The van der Waals surface area contributed by atoms with E-state index in [0.717, 1.165) is 28.1 Å². The monoisotopic (exact) mass is 446 g/mol. The summed E-state index contributed by atoms with van der Waals surface area (Å²) in [4.78, 5) is 13.0. The van der Waals surface area contributed by atoms with Gasteiger partial charge in [0.1, 0.15) is 0 Å². The molecule has 4 rings (SSSR count). The summed E-state index contributed by atoms with van der Waals surface area (Å²) < 4.78 is 7.13. The van der Waals surface area contributed by atoms with Crippen molar-refractivity contribution in [2.24, 2.45) is 0 Å². The smallest absolute Gasteiger partial charge is 0.258 e. The van der Waals surface area contributed by atoms with Gasteiger partial charge >= 0.3 is 174 Å². The molecule has 0 saturated heterocycles. The zero-order valence-electron chi connectivity index (χ0n) is 14.7. The Morgan fingerprint density at radius 2 is 1.93 bits per heavy atom. The Morgan fingerprint density at radius 1 is 1.00 bits per heavy atom. The molecule has 5 nitrogen and oxygen atoms in total. The van der Waals surface area contributed by atoms with E-state index in [9.17, 15) is 0 Å². The number of ether oxygens (including phenoxy) is 1. The van der Waals surface area contributed by atoms with Crippen LogP contribution in [0.25, 0.3) is 10.9 Å². The van der Waals surface area contributed by atoms with Crippen molar-refractivity contribution in [1.82, 2.24) is 15.0 Å². The zero-order valence-corrected chi connectivity index (χ0v) is 20.4. The van der Waals surface area contributed by atoms with E-state index in [2.05, 4.69) is 32.4 Å². The molecule has 0 aliphatic carbocycles. The molecule has 4 aromatic rings. The maximum atomic E-state index is 6.40. The van der Waals surface area contributed by atoms with E-state index in [1.807, 2.05) is 42.5 Å². The molecule has 0 aliphatic rings. The summed E-state index contributed by atoms with van der Waals surface area (Å²) in [5.74, 6) is 1.39. The first-order valence-electron chi connectivity index (χ1n) is 8.50. The van der Waals surface area contributed by atoms with Gasteiger partial charge in [-0.3, -0.25) is 4.98 Å². The zero-order chi connectivity index (χ0) is 18.6.